The first kappa shape index (κ1) is 23.9. The molecule has 0 fully saturated rings. The first-order chi connectivity index (χ1) is 16.0. The number of rotatable bonds is 9. The number of fused-ring (bicyclic) bond motifs is 1. The van der Waals surface area contributed by atoms with Gasteiger partial charge in [-0.25, -0.2) is 8.42 Å². The molecule has 8 heteroatoms. The smallest absolute Gasteiger partial charge is 0.264 e. The molecule has 0 radical (unpaired) electrons. The van der Waals surface area contributed by atoms with Gasteiger partial charge in [-0.2, -0.15) is 0 Å². The first-order valence-electron chi connectivity index (χ1n) is 10.7. The van der Waals surface area contributed by atoms with E-state index in [1.807, 2.05) is 67.8 Å². The number of anilines is 1. The maximum atomic E-state index is 13.3. The zero-order chi connectivity index (χ0) is 23.3. The lowest BCUT2D eigenvalue weighted by atomic mass is 10.2. The number of aryl methyl sites for hydroxylation is 1. The normalized spacial score (nSPS) is 13.5. The highest BCUT2D eigenvalue weighted by Gasteiger charge is 2.29. The van der Waals surface area contributed by atoms with E-state index in [4.69, 9.17) is 9.47 Å². The van der Waals surface area contributed by atoms with Gasteiger partial charge in [0.05, 0.1) is 23.8 Å². The van der Waals surface area contributed by atoms with Crippen molar-refractivity contribution >= 4 is 39.2 Å². The molecule has 5 nitrogen and oxygen atoms in total. The molecule has 0 aromatic heterocycles. The molecular formula is C25H27NO4S3. The van der Waals surface area contributed by atoms with E-state index in [-0.39, 0.29) is 0 Å². The molecule has 0 amide bonds. The molecule has 1 aliphatic heterocycles. The van der Waals surface area contributed by atoms with Crippen molar-refractivity contribution in [2.45, 2.75) is 28.0 Å². The predicted octanol–water partition coefficient (Wildman–Crippen LogP) is 5.87. The van der Waals surface area contributed by atoms with E-state index < -0.39 is 10.0 Å². The minimum Gasteiger partial charge on any atom is -0.493 e. The summed E-state index contributed by atoms with van der Waals surface area (Å²) < 4.78 is 39.8. The van der Waals surface area contributed by atoms with Gasteiger partial charge in [-0.15, -0.1) is 23.5 Å². The van der Waals surface area contributed by atoms with Crippen LogP contribution in [0.4, 0.5) is 5.69 Å². The summed E-state index contributed by atoms with van der Waals surface area (Å²) in [7, 11) is -3.63. The van der Waals surface area contributed by atoms with Crippen LogP contribution in [0.5, 0.6) is 11.5 Å². The second kappa shape index (κ2) is 10.8. The summed E-state index contributed by atoms with van der Waals surface area (Å²) in [5, 5.41) is 0. The van der Waals surface area contributed by atoms with Crippen LogP contribution in [0.25, 0.3) is 0 Å². The van der Waals surface area contributed by atoms with Crippen LogP contribution in [-0.2, 0) is 10.0 Å². The van der Waals surface area contributed by atoms with Crippen LogP contribution in [0.15, 0.2) is 81.4 Å². The molecule has 0 saturated carbocycles. The van der Waals surface area contributed by atoms with Crippen molar-refractivity contribution in [3.63, 3.8) is 0 Å². The first-order valence-corrected chi connectivity index (χ1v) is 14.4. The van der Waals surface area contributed by atoms with Gasteiger partial charge in [0.15, 0.2) is 0 Å². The summed E-state index contributed by atoms with van der Waals surface area (Å²) in [4.78, 5) is 2.45. The van der Waals surface area contributed by atoms with E-state index in [1.54, 1.807) is 35.7 Å². The van der Waals surface area contributed by atoms with Gasteiger partial charge < -0.3 is 9.47 Å². The summed E-state index contributed by atoms with van der Waals surface area (Å²) in [5.74, 6) is 2.22. The van der Waals surface area contributed by atoms with Crippen LogP contribution >= 0.6 is 23.5 Å². The highest BCUT2D eigenvalue weighted by Crippen LogP contribution is 2.40. The van der Waals surface area contributed by atoms with Crippen molar-refractivity contribution in [2.24, 2.45) is 0 Å². The fraction of sp³-hybridized carbons (Fsp3) is 0.280. The Morgan fingerprint density at radius 2 is 1.61 bits per heavy atom. The lowest BCUT2D eigenvalue weighted by Crippen LogP contribution is -2.35. The molecule has 0 spiro atoms. The molecular weight excluding hydrogens is 474 g/mol. The standard InChI is InChI=1S/C25H27NO4S3/c1-19-4-11-23(12-5-19)33(27,28)26-14-17-32-25-13-8-21(18-24(25)26)30-16-3-15-29-20-6-9-22(31-2)10-7-20/h4-13,18H,3,14-17H2,1-2H3. The van der Waals surface area contributed by atoms with E-state index in [0.717, 1.165) is 22.6 Å². The topological polar surface area (TPSA) is 55.8 Å². The fourth-order valence-corrected chi connectivity index (χ4v) is 6.49. The Hall–Kier alpha value is -2.29. The Bertz CT molecular complexity index is 1180. The van der Waals surface area contributed by atoms with E-state index >= 15 is 0 Å². The second-order valence-corrected chi connectivity index (χ2v) is 11.5. The molecule has 4 rings (SSSR count). The van der Waals surface area contributed by atoms with E-state index in [2.05, 4.69) is 0 Å². The van der Waals surface area contributed by atoms with Crippen molar-refractivity contribution in [3.05, 3.63) is 72.3 Å². The Morgan fingerprint density at radius 1 is 0.939 bits per heavy atom. The molecule has 0 unspecified atom stereocenters. The molecule has 0 N–H and O–H groups in total. The average molecular weight is 502 g/mol. The molecule has 1 heterocycles. The minimum atomic E-state index is -3.63. The summed E-state index contributed by atoms with van der Waals surface area (Å²) in [6.07, 6.45) is 2.77. The van der Waals surface area contributed by atoms with E-state index in [9.17, 15) is 8.42 Å². The van der Waals surface area contributed by atoms with Crippen molar-refractivity contribution in [1.82, 2.24) is 0 Å². The molecule has 3 aromatic carbocycles. The SMILES string of the molecule is CSc1ccc(OCCCOc2ccc3c(c2)N(S(=O)(=O)c2ccc(C)cc2)CCS3)cc1. The number of thioether (sulfide) groups is 2. The molecule has 0 aliphatic carbocycles. The van der Waals surface area contributed by atoms with Crippen LogP contribution in [0.1, 0.15) is 12.0 Å². The van der Waals surface area contributed by atoms with Gasteiger partial charge in [0.1, 0.15) is 11.5 Å². The monoisotopic (exact) mass is 501 g/mol. The van der Waals surface area contributed by atoms with Gasteiger partial charge in [0.25, 0.3) is 10.0 Å². The highest BCUT2D eigenvalue weighted by molar-refractivity contribution is 8.00. The molecule has 1 aliphatic rings. The molecule has 0 saturated heterocycles. The highest BCUT2D eigenvalue weighted by atomic mass is 32.2. The molecule has 0 atom stereocenters. The number of sulfonamides is 1. The average Bonchev–Trinajstić information content (AvgIpc) is 2.84. The number of nitrogens with zero attached hydrogens (tertiary/aromatic N) is 1. The predicted molar refractivity (Wildman–Crippen MR) is 137 cm³/mol. The Labute approximate surface area is 204 Å². The van der Waals surface area contributed by atoms with Crippen molar-refractivity contribution in [2.75, 3.05) is 36.1 Å². The Balaban J connectivity index is 1.38. The lowest BCUT2D eigenvalue weighted by Gasteiger charge is -2.30. The minimum absolute atomic E-state index is 0.306. The molecule has 174 valence electrons. The Kier molecular flexibility index (Phi) is 7.78. The third-order valence-corrected chi connectivity index (χ3v) is 8.86. The fourth-order valence-electron chi connectivity index (χ4n) is 3.46. The van der Waals surface area contributed by atoms with Gasteiger partial charge in [-0.05, 0) is 61.7 Å². The Morgan fingerprint density at radius 3 is 2.30 bits per heavy atom. The molecule has 0 bridgehead atoms. The van der Waals surface area contributed by atoms with Crippen LogP contribution in [0, 0.1) is 6.92 Å². The molecule has 3 aromatic rings. The number of ether oxygens (including phenoxy) is 2. The van der Waals surface area contributed by atoms with Crippen molar-refractivity contribution in [1.29, 1.82) is 0 Å². The van der Waals surface area contributed by atoms with Crippen molar-refractivity contribution < 1.29 is 17.9 Å². The third kappa shape index (κ3) is 5.80. The number of hydrogen-bond acceptors (Lipinski definition) is 6. The number of hydrogen-bond donors (Lipinski definition) is 0. The maximum absolute atomic E-state index is 13.3. The summed E-state index contributed by atoms with van der Waals surface area (Å²) in [6, 6.07) is 20.7. The van der Waals surface area contributed by atoms with Gasteiger partial charge >= 0.3 is 0 Å². The van der Waals surface area contributed by atoms with Gasteiger partial charge in [0.2, 0.25) is 0 Å². The third-order valence-electron chi connectivity index (χ3n) is 5.25. The van der Waals surface area contributed by atoms with Crippen LogP contribution in [0.2, 0.25) is 0 Å². The quantitative estimate of drug-likeness (QED) is 0.270. The number of benzene rings is 3. The largest absolute Gasteiger partial charge is 0.493 e. The van der Waals surface area contributed by atoms with Gasteiger partial charge in [-0.1, -0.05) is 17.7 Å². The second-order valence-electron chi connectivity index (χ2n) is 7.59. The summed E-state index contributed by atoms with van der Waals surface area (Å²) in [5.41, 5.74) is 1.70. The maximum Gasteiger partial charge on any atom is 0.264 e. The van der Waals surface area contributed by atoms with Crippen LogP contribution in [-0.4, -0.2) is 40.2 Å². The van der Waals surface area contributed by atoms with Crippen LogP contribution in [0.3, 0.4) is 0 Å². The zero-order valence-corrected chi connectivity index (χ0v) is 21.1. The summed E-state index contributed by atoms with van der Waals surface area (Å²) in [6.45, 7) is 3.41. The zero-order valence-electron chi connectivity index (χ0n) is 18.7. The van der Waals surface area contributed by atoms with E-state index in [1.165, 1.54) is 9.20 Å². The van der Waals surface area contributed by atoms with Gasteiger partial charge in [-0.3, -0.25) is 4.31 Å². The molecule has 33 heavy (non-hydrogen) atoms. The summed E-state index contributed by atoms with van der Waals surface area (Å²) >= 11 is 3.36. The van der Waals surface area contributed by atoms with E-state index in [0.29, 0.717) is 41.8 Å². The van der Waals surface area contributed by atoms with Gasteiger partial charge in [0, 0.05) is 34.6 Å². The van der Waals surface area contributed by atoms with Crippen LogP contribution < -0.4 is 13.8 Å². The van der Waals surface area contributed by atoms with Crippen molar-refractivity contribution in [3.8, 4) is 11.5 Å². The lowest BCUT2D eigenvalue weighted by molar-refractivity contribution is 0.247.